The number of likely N-dealkylation sites (N-methyl/N-ethyl adjacent to an activating group) is 1. The molecule has 1 amide bonds. The number of anilines is 1. The minimum Gasteiger partial charge on any atom is -0.486 e. The molecule has 1 aliphatic rings. The summed E-state index contributed by atoms with van der Waals surface area (Å²) in [4.78, 5) is 15.2. The number of hydrogen-bond acceptors (Lipinski definition) is 8. The van der Waals surface area contributed by atoms with E-state index in [0.29, 0.717) is 5.02 Å². The largest absolute Gasteiger partial charge is 0.486 e. The SMILES string of the molecule is C[C@@H]1CN([C@@H](C)CO)C(=O)c2cccc(NS(=O)(=O)c3cccs3)c2O[C@@H]1CN(C)S(=O)(=O)c1ccc(Cl)cc1. The molecule has 2 N–H and O–H groups in total. The van der Waals surface area contributed by atoms with Gasteiger partial charge in [-0.25, -0.2) is 16.8 Å². The van der Waals surface area contributed by atoms with E-state index in [1.165, 1.54) is 60.5 Å². The highest BCUT2D eigenvalue weighted by Crippen LogP contribution is 2.36. The van der Waals surface area contributed by atoms with Crippen molar-refractivity contribution in [3.8, 4) is 5.75 Å². The third-order valence-electron chi connectivity index (χ3n) is 6.65. The first-order valence-electron chi connectivity index (χ1n) is 12.3. The van der Waals surface area contributed by atoms with Gasteiger partial charge in [-0.15, -0.1) is 11.3 Å². The van der Waals surface area contributed by atoms with Crippen molar-refractivity contribution in [1.29, 1.82) is 0 Å². The van der Waals surface area contributed by atoms with Crippen molar-refractivity contribution in [2.75, 3.05) is 31.5 Å². The summed E-state index contributed by atoms with van der Waals surface area (Å²) in [5.74, 6) is -0.867. The third-order valence-corrected chi connectivity index (χ3v) is 11.5. The number of fused-ring (bicyclic) bond motifs is 1. The van der Waals surface area contributed by atoms with Gasteiger partial charge < -0.3 is 14.7 Å². The number of aliphatic hydroxyl groups excluding tert-OH is 1. The average molecular weight is 628 g/mol. The number of halogens is 1. The van der Waals surface area contributed by atoms with Gasteiger partial charge in [-0.1, -0.05) is 30.7 Å². The van der Waals surface area contributed by atoms with E-state index in [0.717, 1.165) is 15.6 Å². The van der Waals surface area contributed by atoms with Gasteiger partial charge in [-0.2, -0.15) is 4.31 Å². The summed E-state index contributed by atoms with van der Waals surface area (Å²) in [5, 5.41) is 11.9. The van der Waals surface area contributed by atoms with E-state index in [9.17, 15) is 26.7 Å². The second-order valence-electron chi connectivity index (χ2n) is 9.58. The Balaban J connectivity index is 1.75. The summed E-state index contributed by atoms with van der Waals surface area (Å²) in [6, 6.07) is 12.8. The van der Waals surface area contributed by atoms with Crippen LogP contribution in [0.4, 0.5) is 5.69 Å². The van der Waals surface area contributed by atoms with Crippen LogP contribution in [0.5, 0.6) is 5.75 Å². The summed E-state index contributed by atoms with van der Waals surface area (Å²) >= 11 is 6.96. The van der Waals surface area contributed by atoms with Crippen LogP contribution in [-0.4, -0.2) is 75.9 Å². The molecule has 1 aromatic heterocycles. The summed E-state index contributed by atoms with van der Waals surface area (Å²) in [5.41, 5.74) is 0.130. The van der Waals surface area contributed by atoms with Crippen LogP contribution in [0.1, 0.15) is 24.2 Å². The molecule has 216 valence electrons. The van der Waals surface area contributed by atoms with Crippen molar-refractivity contribution in [1.82, 2.24) is 9.21 Å². The van der Waals surface area contributed by atoms with E-state index in [-0.39, 0.29) is 45.8 Å². The van der Waals surface area contributed by atoms with Crippen molar-refractivity contribution in [3.63, 3.8) is 0 Å². The van der Waals surface area contributed by atoms with Gasteiger partial charge in [-0.3, -0.25) is 9.52 Å². The van der Waals surface area contributed by atoms with Gasteiger partial charge in [0.1, 0.15) is 10.3 Å². The zero-order chi connectivity index (χ0) is 29.2. The van der Waals surface area contributed by atoms with E-state index in [2.05, 4.69) is 4.72 Å². The number of ether oxygens (including phenoxy) is 1. The van der Waals surface area contributed by atoms with Gasteiger partial charge in [-0.05, 0) is 54.8 Å². The molecule has 3 aromatic rings. The minimum absolute atomic E-state index is 0.0170. The first-order valence-corrected chi connectivity index (χ1v) is 16.5. The number of benzene rings is 2. The van der Waals surface area contributed by atoms with Gasteiger partial charge in [0.05, 0.1) is 35.3 Å². The number of amides is 1. The standard InChI is InChI=1S/C26H30ClN3O7S3/c1-17-14-30(18(2)16-31)26(32)21-6-4-7-22(28-39(33,34)24-8-5-13-38-24)25(21)37-23(17)15-29(3)40(35,36)20-11-9-19(27)10-12-20/h4-13,17-18,23,28,31H,14-16H2,1-3H3/t17-,18+,23-/m1/s1. The number of carbonyl (C=O) groups excluding carboxylic acids is 1. The maximum Gasteiger partial charge on any atom is 0.271 e. The molecular weight excluding hydrogens is 598 g/mol. The molecule has 0 fully saturated rings. The molecule has 0 saturated heterocycles. The number of para-hydroxylation sites is 1. The number of nitrogens with one attached hydrogen (secondary N) is 1. The van der Waals surface area contributed by atoms with E-state index >= 15 is 0 Å². The Morgan fingerprint density at radius 1 is 1.15 bits per heavy atom. The number of aliphatic hydroxyl groups is 1. The molecule has 0 bridgehead atoms. The average Bonchev–Trinajstić information content (AvgIpc) is 3.47. The zero-order valence-electron chi connectivity index (χ0n) is 22.0. The van der Waals surface area contributed by atoms with Crippen molar-refractivity contribution in [3.05, 3.63) is 70.6 Å². The molecule has 0 unspecified atom stereocenters. The lowest BCUT2D eigenvalue weighted by Crippen LogP contribution is -2.50. The molecule has 40 heavy (non-hydrogen) atoms. The Morgan fingerprint density at radius 2 is 1.85 bits per heavy atom. The first kappa shape index (κ1) is 30.3. The molecule has 0 radical (unpaired) electrons. The first-order chi connectivity index (χ1) is 18.8. The highest BCUT2D eigenvalue weighted by atomic mass is 35.5. The summed E-state index contributed by atoms with van der Waals surface area (Å²) in [6.07, 6.45) is -0.792. The number of rotatable bonds is 9. The van der Waals surface area contributed by atoms with Crippen LogP contribution in [0, 0.1) is 5.92 Å². The topological polar surface area (TPSA) is 133 Å². The van der Waals surface area contributed by atoms with Crippen LogP contribution in [0.2, 0.25) is 5.02 Å². The highest BCUT2D eigenvalue weighted by molar-refractivity contribution is 7.94. The normalized spacial score (nSPS) is 18.9. The quantitative estimate of drug-likeness (QED) is 0.369. The monoisotopic (exact) mass is 627 g/mol. The van der Waals surface area contributed by atoms with E-state index < -0.39 is 44.0 Å². The lowest BCUT2D eigenvalue weighted by Gasteiger charge is -2.38. The lowest BCUT2D eigenvalue weighted by atomic mass is 9.99. The van der Waals surface area contributed by atoms with Crippen LogP contribution < -0.4 is 9.46 Å². The number of nitrogens with zero attached hydrogens (tertiary/aromatic N) is 2. The number of hydrogen-bond donors (Lipinski definition) is 2. The molecule has 2 heterocycles. The Morgan fingerprint density at radius 3 is 2.48 bits per heavy atom. The van der Waals surface area contributed by atoms with Gasteiger partial charge in [0.25, 0.3) is 15.9 Å². The Labute approximate surface area is 243 Å². The summed E-state index contributed by atoms with van der Waals surface area (Å²) < 4.78 is 62.8. The Bertz CT molecular complexity index is 1560. The summed E-state index contributed by atoms with van der Waals surface area (Å²) in [7, 11) is -6.49. The molecule has 4 rings (SSSR count). The van der Waals surface area contributed by atoms with Crippen LogP contribution >= 0.6 is 22.9 Å². The molecule has 0 saturated carbocycles. The lowest BCUT2D eigenvalue weighted by molar-refractivity contribution is 0.0389. The number of thiophene rings is 1. The third kappa shape index (κ3) is 6.29. The summed E-state index contributed by atoms with van der Waals surface area (Å²) in [6.45, 7) is 3.27. The minimum atomic E-state index is -3.99. The molecule has 2 aromatic carbocycles. The molecule has 3 atom stereocenters. The van der Waals surface area contributed by atoms with Gasteiger partial charge in [0.2, 0.25) is 10.0 Å². The molecular formula is C26H30ClN3O7S3. The van der Waals surface area contributed by atoms with Crippen molar-refractivity contribution in [2.24, 2.45) is 5.92 Å². The molecule has 0 aliphatic carbocycles. The predicted octanol–water partition coefficient (Wildman–Crippen LogP) is 3.74. The Kier molecular flexibility index (Phi) is 9.12. The van der Waals surface area contributed by atoms with Crippen LogP contribution in [0.3, 0.4) is 0 Å². The maximum absolute atomic E-state index is 13.6. The van der Waals surface area contributed by atoms with Gasteiger partial charge in [0.15, 0.2) is 5.75 Å². The van der Waals surface area contributed by atoms with Gasteiger partial charge >= 0.3 is 0 Å². The molecule has 0 spiro atoms. The number of sulfonamides is 2. The zero-order valence-corrected chi connectivity index (χ0v) is 25.2. The fraction of sp³-hybridized carbons (Fsp3) is 0.346. The van der Waals surface area contributed by atoms with Crippen molar-refractivity contribution < 1.29 is 31.5 Å². The molecule has 14 heteroatoms. The fourth-order valence-corrected chi connectivity index (χ4v) is 7.66. The van der Waals surface area contributed by atoms with E-state index in [1.54, 1.807) is 25.3 Å². The molecule has 1 aliphatic heterocycles. The van der Waals surface area contributed by atoms with Gasteiger partial charge in [0, 0.05) is 24.5 Å². The predicted molar refractivity (Wildman–Crippen MR) is 154 cm³/mol. The van der Waals surface area contributed by atoms with Crippen molar-refractivity contribution >= 4 is 54.6 Å². The second kappa shape index (κ2) is 12.0. The Hall–Kier alpha value is -2.68. The van der Waals surface area contributed by atoms with Crippen LogP contribution in [-0.2, 0) is 20.0 Å². The maximum atomic E-state index is 13.6. The van der Waals surface area contributed by atoms with E-state index in [1.807, 2.05) is 0 Å². The second-order valence-corrected chi connectivity index (χ2v) is 14.9. The van der Waals surface area contributed by atoms with Crippen LogP contribution in [0.25, 0.3) is 0 Å². The fourth-order valence-electron chi connectivity index (χ4n) is 4.29. The highest BCUT2D eigenvalue weighted by Gasteiger charge is 2.36. The smallest absolute Gasteiger partial charge is 0.271 e. The van der Waals surface area contributed by atoms with Crippen LogP contribution in [0.15, 0.2) is 69.1 Å². The van der Waals surface area contributed by atoms with E-state index in [4.69, 9.17) is 16.3 Å². The van der Waals surface area contributed by atoms with Crippen molar-refractivity contribution in [2.45, 2.75) is 35.1 Å². The molecule has 10 nitrogen and oxygen atoms in total. The number of carbonyl (C=O) groups is 1.